The number of nitro benzene ring substituents is 1. The number of halogens is 1. The molecule has 2 aromatic rings. The SMILES string of the molecule is C=C(F)Cc1ccc(Oc2ccccc2CN(C)C)c([N+](=O)[O-])c1. The standard InChI is InChI=1S/C18H19FN2O3/c1-13(19)10-14-8-9-18(16(11-14)21(22)23)24-17-7-5-4-6-15(17)12-20(2)3/h4-9,11H,1,10,12H2,2-3H3. The summed E-state index contributed by atoms with van der Waals surface area (Å²) in [6, 6.07) is 11.8. The Morgan fingerprint density at radius 1 is 1.25 bits per heavy atom. The van der Waals surface area contributed by atoms with Crippen molar-refractivity contribution in [2.24, 2.45) is 0 Å². The molecule has 0 amide bonds. The van der Waals surface area contributed by atoms with Crippen molar-refractivity contribution in [3.63, 3.8) is 0 Å². The predicted molar refractivity (Wildman–Crippen MR) is 91.0 cm³/mol. The van der Waals surface area contributed by atoms with Gasteiger partial charge in [-0.1, -0.05) is 30.8 Å². The Hall–Kier alpha value is -2.73. The van der Waals surface area contributed by atoms with Gasteiger partial charge in [-0.15, -0.1) is 0 Å². The molecule has 0 saturated carbocycles. The van der Waals surface area contributed by atoms with Gasteiger partial charge in [0.15, 0.2) is 0 Å². The smallest absolute Gasteiger partial charge is 0.311 e. The van der Waals surface area contributed by atoms with Crippen LogP contribution in [0.2, 0.25) is 0 Å². The molecule has 0 spiro atoms. The Balaban J connectivity index is 2.36. The van der Waals surface area contributed by atoms with E-state index in [0.717, 1.165) is 5.56 Å². The molecule has 2 rings (SSSR count). The van der Waals surface area contributed by atoms with Crippen LogP contribution in [0.15, 0.2) is 54.9 Å². The number of ether oxygens (including phenoxy) is 1. The molecule has 0 N–H and O–H groups in total. The van der Waals surface area contributed by atoms with Gasteiger partial charge in [0.25, 0.3) is 0 Å². The van der Waals surface area contributed by atoms with Crippen LogP contribution in [-0.4, -0.2) is 23.9 Å². The summed E-state index contributed by atoms with van der Waals surface area (Å²) in [5, 5.41) is 11.3. The van der Waals surface area contributed by atoms with E-state index in [4.69, 9.17) is 4.74 Å². The minimum atomic E-state index is -0.547. The summed E-state index contributed by atoms with van der Waals surface area (Å²) >= 11 is 0. The molecule has 0 aliphatic carbocycles. The molecular formula is C18H19FN2O3. The van der Waals surface area contributed by atoms with Crippen molar-refractivity contribution in [3.05, 3.63) is 76.1 Å². The lowest BCUT2D eigenvalue weighted by Crippen LogP contribution is -2.11. The van der Waals surface area contributed by atoms with Gasteiger partial charge in [-0.05, 0) is 31.8 Å². The molecule has 2 aromatic carbocycles. The molecule has 0 heterocycles. The van der Waals surface area contributed by atoms with E-state index in [9.17, 15) is 14.5 Å². The van der Waals surface area contributed by atoms with Crippen LogP contribution in [0, 0.1) is 10.1 Å². The van der Waals surface area contributed by atoms with Crippen molar-refractivity contribution >= 4 is 5.69 Å². The monoisotopic (exact) mass is 330 g/mol. The molecule has 0 aromatic heterocycles. The number of nitrogens with zero attached hydrogens (tertiary/aromatic N) is 2. The van der Waals surface area contributed by atoms with E-state index in [1.54, 1.807) is 12.1 Å². The molecule has 0 radical (unpaired) electrons. The summed E-state index contributed by atoms with van der Waals surface area (Å²) in [5.74, 6) is 0.130. The highest BCUT2D eigenvalue weighted by Crippen LogP contribution is 2.34. The van der Waals surface area contributed by atoms with Crippen LogP contribution < -0.4 is 4.74 Å². The number of para-hydroxylation sites is 1. The molecule has 126 valence electrons. The van der Waals surface area contributed by atoms with Gasteiger partial charge in [0.05, 0.1) is 10.8 Å². The van der Waals surface area contributed by atoms with Crippen molar-refractivity contribution in [3.8, 4) is 11.5 Å². The maximum absolute atomic E-state index is 12.9. The summed E-state index contributed by atoms with van der Waals surface area (Å²) in [5.41, 5.74) is 1.19. The molecule has 0 atom stereocenters. The summed E-state index contributed by atoms with van der Waals surface area (Å²) in [6.45, 7) is 3.82. The molecule has 6 heteroatoms. The van der Waals surface area contributed by atoms with Gasteiger partial charge in [-0.2, -0.15) is 0 Å². The van der Waals surface area contributed by atoms with Crippen LogP contribution in [0.1, 0.15) is 11.1 Å². The first-order valence-corrected chi connectivity index (χ1v) is 7.38. The normalized spacial score (nSPS) is 10.7. The number of allylic oxidation sites excluding steroid dienone is 1. The maximum atomic E-state index is 12.9. The lowest BCUT2D eigenvalue weighted by molar-refractivity contribution is -0.385. The molecule has 0 aliphatic rings. The number of nitro groups is 1. The fourth-order valence-corrected chi connectivity index (χ4v) is 2.32. The molecule has 0 saturated heterocycles. The highest BCUT2D eigenvalue weighted by molar-refractivity contribution is 5.52. The zero-order valence-corrected chi connectivity index (χ0v) is 13.7. The number of hydrogen-bond acceptors (Lipinski definition) is 4. The second-order valence-corrected chi connectivity index (χ2v) is 5.70. The summed E-state index contributed by atoms with van der Waals surface area (Å²) in [4.78, 5) is 12.8. The van der Waals surface area contributed by atoms with E-state index in [1.165, 1.54) is 12.1 Å². The third kappa shape index (κ3) is 4.63. The topological polar surface area (TPSA) is 55.6 Å². The Kier molecular flexibility index (Phi) is 5.65. The molecule has 0 unspecified atom stereocenters. The van der Waals surface area contributed by atoms with E-state index < -0.39 is 10.8 Å². The van der Waals surface area contributed by atoms with E-state index in [0.29, 0.717) is 17.9 Å². The maximum Gasteiger partial charge on any atom is 0.311 e. The highest BCUT2D eigenvalue weighted by Gasteiger charge is 2.18. The van der Waals surface area contributed by atoms with E-state index in [-0.39, 0.29) is 17.9 Å². The molecule has 0 aliphatic heterocycles. The fraction of sp³-hybridized carbons (Fsp3) is 0.222. The highest BCUT2D eigenvalue weighted by atomic mass is 19.1. The first-order chi connectivity index (χ1) is 11.4. The number of hydrogen-bond donors (Lipinski definition) is 0. The van der Waals surface area contributed by atoms with Crippen molar-refractivity contribution in [2.75, 3.05) is 14.1 Å². The van der Waals surface area contributed by atoms with Gasteiger partial charge < -0.3 is 9.64 Å². The van der Waals surface area contributed by atoms with Crippen LogP contribution in [0.5, 0.6) is 11.5 Å². The van der Waals surface area contributed by atoms with E-state index in [2.05, 4.69) is 6.58 Å². The van der Waals surface area contributed by atoms with E-state index >= 15 is 0 Å². The van der Waals surface area contributed by atoms with Crippen LogP contribution in [0.3, 0.4) is 0 Å². The minimum absolute atomic E-state index is 0.0572. The summed E-state index contributed by atoms with van der Waals surface area (Å²) < 4.78 is 18.7. The Morgan fingerprint density at radius 3 is 2.58 bits per heavy atom. The van der Waals surface area contributed by atoms with Crippen LogP contribution in [-0.2, 0) is 13.0 Å². The zero-order chi connectivity index (χ0) is 17.7. The van der Waals surface area contributed by atoms with Crippen LogP contribution in [0.4, 0.5) is 10.1 Å². The molecule has 0 bridgehead atoms. The quantitative estimate of drug-likeness (QED) is 0.555. The fourth-order valence-electron chi connectivity index (χ4n) is 2.32. The van der Waals surface area contributed by atoms with Gasteiger partial charge in [-0.3, -0.25) is 10.1 Å². The molecular weight excluding hydrogens is 311 g/mol. The molecule has 24 heavy (non-hydrogen) atoms. The predicted octanol–water partition coefficient (Wildman–Crippen LogP) is 4.47. The Labute approximate surface area is 140 Å². The van der Waals surface area contributed by atoms with Crippen LogP contribution in [0.25, 0.3) is 0 Å². The van der Waals surface area contributed by atoms with Gasteiger partial charge >= 0.3 is 5.69 Å². The largest absolute Gasteiger partial charge is 0.450 e. The van der Waals surface area contributed by atoms with Gasteiger partial charge in [0, 0.05) is 24.6 Å². The molecule has 0 fully saturated rings. The van der Waals surface area contributed by atoms with Gasteiger partial charge in [-0.25, -0.2) is 4.39 Å². The first-order valence-electron chi connectivity index (χ1n) is 7.38. The van der Waals surface area contributed by atoms with Crippen molar-refractivity contribution in [2.45, 2.75) is 13.0 Å². The zero-order valence-electron chi connectivity index (χ0n) is 13.7. The summed E-state index contributed by atoms with van der Waals surface area (Å²) in [7, 11) is 3.86. The lowest BCUT2D eigenvalue weighted by Gasteiger charge is -2.15. The third-order valence-electron chi connectivity index (χ3n) is 3.30. The third-order valence-corrected chi connectivity index (χ3v) is 3.30. The lowest BCUT2D eigenvalue weighted by atomic mass is 10.1. The van der Waals surface area contributed by atoms with E-state index in [1.807, 2.05) is 37.2 Å². The van der Waals surface area contributed by atoms with Crippen molar-refractivity contribution in [1.82, 2.24) is 4.90 Å². The molecule has 5 nitrogen and oxygen atoms in total. The average molecular weight is 330 g/mol. The average Bonchev–Trinajstić information content (AvgIpc) is 2.49. The second-order valence-electron chi connectivity index (χ2n) is 5.70. The first kappa shape index (κ1) is 17.6. The van der Waals surface area contributed by atoms with Crippen LogP contribution >= 0.6 is 0 Å². The van der Waals surface area contributed by atoms with Crippen molar-refractivity contribution < 1.29 is 14.1 Å². The number of rotatable bonds is 7. The Bertz CT molecular complexity index is 760. The minimum Gasteiger partial charge on any atom is -0.450 e. The van der Waals surface area contributed by atoms with Gasteiger partial charge in [0.2, 0.25) is 5.75 Å². The van der Waals surface area contributed by atoms with Crippen molar-refractivity contribution in [1.29, 1.82) is 0 Å². The Morgan fingerprint density at radius 2 is 1.96 bits per heavy atom. The summed E-state index contributed by atoms with van der Waals surface area (Å²) in [6.07, 6.45) is -0.0572. The number of benzene rings is 2. The van der Waals surface area contributed by atoms with Gasteiger partial charge in [0.1, 0.15) is 5.75 Å². The second kappa shape index (κ2) is 7.70.